The molecular weight excluding hydrogens is 374 g/mol. The van der Waals surface area contributed by atoms with Gasteiger partial charge in [0.05, 0.1) is 12.5 Å². The first-order valence-electron chi connectivity index (χ1n) is 12.7. The number of ether oxygens (including phenoxy) is 1. The summed E-state index contributed by atoms with van der Waals surface area (Å²) in [6.07, 6.45) is 18.8. The van der Waals surface area contributed by atoms with Gasteiger partial charge in [0.1, 0.15) is 0 Å². The number of methoxy groups -OCH3 is 1. The Hall–Kier alpha value is -1.06. The van der Waals surface area contributed by atoms with E-state index in [4.69, 9.17) is 4.74 Å². The zero-order chi connectivity index (χ0) is 22.0. The van der Waals surface area contributed by atoms with Crippen LogP contribution >= 0.6 is 0 Å². The average molecular weight is 422 g/mol. The molecule has 30 heavy (non-hydrogen) atoms. The highest BCUT2D eigenvalue weighted by atomic mass is 16.5. The SMILES string of the molecule is CCC(C)(CCCCCCCCCC(C)CCC1(C(=O)OC)CC1)C(=O)NC1CC1. The standard InChI is InChI=1S/C26H47NO3/c1-5-25(3,23(28)27-22-14-15-22)17-12-10-8-6-7-9-11-13-21(2)16-18-26(19-20-26)24(29)30-4/h21-22H,5-20H2,1-4H3,(H,27,28). The lowest BCUT2D eigenvalue weighted by atomic mass is 9.81. The number of amides is 1. The third-order valence-corrected chi connectivity index (χ3v) is 7.75. The fourth-order valence-electron chi connectivity index (χ4n) is 4.52. The fourth-order valence-corrected chi connectivity index (χ4v) is 4.52. The summed E-state index contributed by atoms with van der Waals surface area (Å²) in [4.78, 5) is 24.3. The largest absolute Gasteiger partial charge is 0.469 e. The number of carbonyl (C=O) groups excluding carboxylic acids is 2. The van der Waals surface area contributed by atoms with E-state index in [1.807, 2.05) is 0 Å². The van der Waals surface area contributed by atoms with E-state index in [-0.39, 0.29) is 22.7 Å². The highest BCUT2D eigenvalue weighted by molar-refractivity contribution is 5.82. The van der Waals surface area contributed by atoms with Gasteiger partial charge in [-0.15, -0.1) is 0 Å². The second-order valence-corrected chi connectivity index (χ2v) is 10.6. The second-order valence-electron chi connectivity index (χ2n) is 10.6. The van der Waals surface area contributed by atoms with Crippen molar-refractivity contribution in [3.05, 3.63) is 0 Å². The molecule has 0 aromatic heterocycles. The molecule has 2 saturated carbocycles. The maximum absolute atomic E-state index is 12.5. The maximum atomic E-state index is 12.5. The van der Waals surface area contributed by atoms with Crippen LogP contribution in [-0.4, -0.2) is 25.0 Å². The highest BCUT2D eigenvalue weighted by Crippen LogP contribution is 2.51. The van der Waals surface area contributed by atoms with Gasteiger partial charge in [-0.3, -0.25) is 9.59 Å². The van der Waals surface area contributed by atoms with E-state index in [2.05, 4.69) is 26.1 Å². The molecule has 0 bridgehead atoms. The van der Waals surface area contributed by atoms with Crippen molar-refractivity contribution in [2.24, 2.45) is 16.7 Å². The van der Waals surface area contributed by atoms with Gasteiger partial charge in [-0.2, -0.15) is 0 Å². The lowest BCUT2D eigenvalue weighted by Crippen LogP contribution is -2.39. The van der Waals surface area contributed by atoms with Gasteiger partial charge >= 0.3 is 5.97 Å². The number of carbonyl (C=O) groups is 2. The van der Waals surface area contributed by atoms with Crippen LogP contribution in [0.1, 0.15) is 124 Å². The Kier molecular flexibility index (Phi) is 10.2. The first kappa shape index (κ1) is 25.2. The molecule has 0 aromatic rings. The summed E-state index contributed by atoms with van der Waals surface area (Å²) in [5, 5.41) is 3.20. The van der Waals surface area contributed by atoms with Crippen LogP contribution in [-0.2, 0) is 14.3 Å². The van der Waals surface area contributed by atoms with E-state index in [9.17, 15) is 9.59 Å². The molecule has 4 heteroatoms. The van der Waals surface area contributed by atoms with Crippen molar-refractivity contribution in [2.75, 3.05) is 7.11 Å². The molecule has 2 rings (SSSR count). The summed E-state index contributed by atoms with van der Waals surface area (Å²) >= 11 is 0. The van der Waals surface area contributed by atoms with Gasteiger partial charge in [0, 0.05) is 11.5 Å². The number of esters is 1. The van der Waals surface area contributed by atoms with Crippen LogP contribution in [0.3, 0.4) is 0 Å². The Morgan fingerprint density at radius 1 is 1.03 bits per heavy atom. The molecule has 0 aliphatic heterocycles. The van der Waals surface area contributed by atoms with Crippen LogP contribution in [0.25, 0.3) is 0 Å². The molecule has 1 N–H and O–H groups in total. The summed E-state index contributed by atoms with van der Waals surface area (Å²) in [5.41, 5.74) is -0.291. The summed E-state index contributed by atoms with van der Waals surface area (Å²) in [6, 6.07) is 0.466. The molecule has 2 aliphatic rings. The number of hydrogen-bond donors (Lipinski definition) is 1. The molecule has 0 heterocycles. The van der Waals surface area contributed by atoms with Gasteiger partial charge in [-0.05, 0) is 57.3 Å². The van der Waals surface area contributed by atoms with Crippen molar-refractivity contribution in [2.45, 2.75) is 130 Å². The van der Waals surface area contributed by atoms with E-state index in [1.54, 1.807) is 0 Å². The zero-order valence-corrected chi connectivity index (χ0v) is 20.2. The normalized spacial score (nSPS) is 20.3. The van der Waals surface area contributed by atoms with Crippen molar-refractivity contribution < 1.29 is 14.3 Å². The second kappa shape index (κ2) is 12.1. The number of nitrogens with one attached hydrogen (secondary N) is 1. The van der Waals surface area contributed by atoms with Crippen molar-refractivity contribution in [3.8, 4) is 0 Å². The van der Waals surface area contributed by atoms with Crippen LogP contribution in [0.2, 0.25) is 0 Å². The van der Waals surface area contributed by atoms with Crippen LogP contribution in [0.15, 0.2) is 0 Å². The van der Waals surface area contributed by atoms with E-state index in [1.165, 1.54) is 71.3 Å². The maximum Gasteiger partial charge on any atom is 0.311 e. The quantitative estimate of drug-likeness (QED) is 0.214. The van der Waals surface area contributed by atoms with Gasteiger partial charge < -0.3 is 10.1 Å². The molecule has 2 unspecified atom stereocenters. The minimum absolute atomic E-state index is 0.0116. The summed E-state index contributed by atoms with van der Waals surface area (Å²) < 4.78 is 4.96. The number of unbranched alkanes of at least 4 members (excludes halogenated alkanes) is 6. The van der Waals surface area contributed by atoms with Gasteiger partial charge in [-0.1, -0.05) is 72.1 Å². The molecule has 174 valence electrons. The van der Waals surface area contributed by atoms with Crippen LogP contribution in [0.5, 0.6) is 0 Å². The Labute approximate surface area is 185 Å². The van der Waals surface area contributed by atoms with Crippen molar-refractivity contribution in [3.63, 3.8) is 0 Å². The Bertz CT molecular complexity index is 538. The molecule has 2 atom stereocenters. The molecule has 2 aliphatic carbocycles. The Morgan fingerprint density at radius 3 is 2.17 bits per heavy atom. The minimum Gasteiger partial charge on any atom is -0.469 e. The third-order valence-electron chi connectivity index (χ3n) is 7.75. The van der Waals surface area contributed by atoms with Gasteiger partial charge in [-0.25, -0.2) is 0 Å². The van der Waals surface area contributed by atoms with Crippen LogP contribution in [0.4, 0.5) is 0 Å². The Morgan fingerprint density at radius 2 is 1.63 bits per heavy atom. The number of rotatable bonds is 17. The first-order chi connectivity index (χ1) is 14.3. The van der Waals surface area contributed by atoms with Gasteiger partial charge in [0.2, 0.25) is 5.91 Å². The first-order valence-corrected chi connectivity index (χ1v) is 12.7. The third kappa shape index (κ3) is 8.23. The molecule has 0 spiro atoms. The molecule has 2 fully saturated rings. The molecule has 4 nitrogen and oxygen atoms in total. The molecule has 0 radical (unpaired) electrons. The van der Waals surface area contributed by atoms with Crippen molar-refractivity contribution >= 4 is 11.9 Å². The minimum atomic E-state index is -0.175. The van der Waals surface area contributed by atoms with E-state index >= 15 is 0 Å². The molecule has 1 amide bonds. The van der Waals surface area contributed by atoms with E-state index < -0.39 is 0 Å². The fraction of sp³-hybridized carbons (Fsp3) is 0.923. The zero-order valence-electron chi connectivity index (χ0n) is 20.2. The van der Waals surface area contributed by atoms with Gasteiger partial charge in [0.15, 0.2) is 0 Å². The molecular formula is C26H47NO3. The van der Waals surface area contributed by atoms with Crippen molar-refractivity contribution in [1.29, 1.82) is 0 Å². The summed E-state index contributed by atoms with van der Waals surface area (Å²) in [6.45, 7) is 6.62. The summed E-state index contributed by atoms with van der Waals surface area (Å²) in [5.74, 6) is 0.999. The molecule has 0 saturated heterocycles. The highest BCUT2D eigenvalue weighted by Gasteiger charge is 2.50. The van der Waals surface area contributed by atoms with Crippen LogP contribution in [0, 0.1) is 16.7 Å². The van der Waals surface area contributed by atoms with E-state index in [0.29, 0.717) is 12.0 Å². The van der Waals surface area contributed by atoms with E-state index in [0.717, 1.165) is 38.5 Å². The van der Waals surface area contributed by atoms with Crippen molar-refractivity contribution in [1.82, 2.24) is 5.32 Å². The monoisotopic (exact) mass is 421 g/mol. The lowest BCUT2D eigenvalue weighted by molar-refractivity contribution is -0.147. The summed E-state index contributed by atoms with van der Waals surface area (Å²) in [7, 11) is 1.51. The number of hydrogen-bond acceptors (Lipinski definition) is 3. The van der Waals surface area contributed by atoms with Gasteiger partial charge in [0.25, 0.3) is 0 Å². The average Bonchev–Trinajstić information content (AvgIpc) is 3.66. The topological polar surface area (TPSA) is 55.4 Å². The smallest absolute Gasteiger partial charge is 0.311 e. The predicted octanol–water partition coefficient (Wildman–Crippen LogP) is 6.56. The molecule has 0 aromatic carbocycles. The Balaban J connectivity index is 1.43. The predicted molar refractivity (Wildman–Crippen MR) is 123 cm³/mol. The van der Waals surface area contributed by atoms with Crippen LogP contribution < -0.4 is 5.32 Å². The lowest BCUT2D eigenvalue weighted by Gasteiger charge is -2.27.